The van der Waals surface area contributed by atoms with Crippen molar-refractivity contribution in [3.8, 4) is 0 Å². The van der Waals surface area contributed by atoms with E-state index in [0.717, 1.165) is 4.47 Å². The highest BCUT2D eigenvalue weighted by Crippen LogP contribution is 2.78. The van der Waals surface area contributed by atoms with Crippen LogP contribution in [0.1, 0.15) is 49.4 Å². The normalized spacial score (nSPS) is 46.2. The molecule has 4 bridgehead atoms. The number of aliphatic hydroxyl groups excluding tert-OH is 2. The van der Waals surface area contributed by atoms with Gasteiger partial charge in [0, 0.05) is 28.3 Å². The van der Waals surface area contributed by atoms with E-state index in [0.29, 0.717) is 30.4 Å². The molecule has 192 valence electrons. The van der Waals surface area contributed by atoms with Crippen molar-refractivity contribution in [2.75, 3.05) is 6.61 Å². The molecule has 9 atom stereocenters. The van der Waals surface area contributed by atoms with Crippen LogP contribution in [0.4, 0.5) is 0 Å². The van der Waals surface area contributed by atoms with E-state index in [4.69, 9.17) is 9.47 Å². The Morgan fingerprint density at radius 3 is 2.64 bits per heavy atom. The fourth-order valence-electron chi connectivity index (χ4n) is 8.64. The second kappa shape index (κ2) is 7.49. The number of hydrogen-bond acceptors (Lipinski definition) is 8. The quantitative estimate of drug-likeness (QED) is 0.290. The monoisotopic (exact) mass is 560 g/mol. The largest absolute Gasteiger partial charge is 0.458 e. The molecule has 0 unspecified atom stereocenters. The predicted octanol–water partition coefficient (Wildman–Crippen LogP) is 2.33. The second-order valence-corrected chi connectivity index (χ2v) is 12.6. The smallest absolute Gasteiger partial charge is 0.315 e. The van der Waals surface area contributed by atoms with Gasteiger partial charge in [0.2, 0.25) is 0 Å². The van der Waals surface area contributed by atoms with Crippen molar-refractivity contribution in [3.05, 3.63) is 46.5 Å². The van der Waals surface area contributed by atoms with E-state index in [1.165, 1.54) is 0 Å². The molecule has 8 nitrogen and oxygen atoms in total. The third kappa shape index (κ3) is 2.83. The molecule has 9 heteroatoms. The maximum atomic E-state index is 13.9. The zero-order valence-corrected chi connectivity index (χ0v) is 21.5. The summed E-state index contributed by atoms with van der Waals surface area (Å²) in [4.78, 5) is 39.9. The molecule has 3 N–H and O–H groups in total. The molecule has 0 radical (unpaired) electrons. The lowest BCUT2D eigenvalue weighted by Crippen LogP contribution is -2.59. The van der Waals surface area contributed by atoms with E-state index in [2.05, 4.69) is 22.5 Å². The minimum atomic E-state index is -1.52. The fraction of sp³-hybridized carbons (Fsp3) is 0.593. The number of carbonyl (C=O) groups is 3. The number of halogens is 1. The number of rotatable bonds is 4. The Labute approximate surface area is 216 Å². The van der Waals surface area contributed by atoms with Crippen LogP contribution in [-0.2, 0) is 19.1 Å². The molecule has 1 saturated heterocycles. The van der Waals surface area contributed by atoms with Crippen molar-refractivity contribution < 1.29 is 39.2 Å². The van der Waals surface area contributed by atoms with E-state index in [1.807, 2.05) is 0 Å². The minimum absolute atomic E-state index is 0.0130. The number of fused-ring (bicyclic) bond motifs is 1. The molecule has 1 spiro atoms. The lowest BCUT2D eigenvalue weighted by atomic mass is 9.58. The summed E-state index contributed by atoms with van der Waals surface area (Å²) in [5.41, 5.74) is -3.59. The van der Waals surface area contributed by atoms with Crippen LogP contribution >= 0.6 is 15.9 Å². The summed E-state index contributed by atoms with van der Waals surface area (Å²) in [6, 6.07) is 6.72. The zero-order valence-electron chi connectivity index (χ0n) is 19.9. The van der Waals surface area contributed by atoms with Gasteiger partial charge in [-0.25, -0.2) is 0 Å². The standard InChI is InChI=1S/C27H29BrO8/c1-13-9-25-12-26(13,34)8-7-18(25)27-10-16(29)21(31)24(2,23(33)36-27)20(27)19(25)22(32)35-11-17(30)14-3-5-15(28)6-4-14/h3-6,16,18-21,29,31,34H,1,7-12H2,2H3/t16-,18+,19+,20+,21-,24-,25-,26-,27+/m0/s1. The van der Waals surface area contributed by atoms with Crippen LogP contribution in [0, 0.1) is 28.6 Å². The highest BCUT2D eigenvalue weighted by Gasteiger charge is 2.85. The van der Waals surface area contributed by atoms with Crippen molar-refractivity contribution in [1.29, 1.82) is 0 Å². The number of aliphatic hydroxyl groups is 3. The van der Waals surface area contributed by atoms with Crippen molar-refractivity contribution >= 4 is 33.7 Å². The third-order valence-electron chi connectivity index (χ3n) is 10.1. The highest BCUT2D eigenvalue weighted by molar-refractivity contribution is 9.10. The van der Waals surface area contributed by atoms with Crippen molar-refractivity contribution in [3.63, 3.8) is 0 Å². The topological polar surface area (TPSA) is 130 Å². The summed E-state index contributed by atoms with van der Waals surface area (Å²) in [5, 5.41) is 33.1. The molecule has 1 heterocycles. The first-order valence-electron chi connectivity index (χ1n) is 12.3. The van der Waals surface area contributed by atoms with E-state index in [1.54, 1.807) is 31.2 Å². The SMILES string of the molecule is C=C1C[C@]23C[C@@]1(O)CC[C@H]2[C@@]12C[C@H](O)[C@H](O)[C@@](C)(C(=O)O1)[C@H]2[C@@H]3C(=O)OCC(=O)c1ccc(Br)cc1. The van der Waals surface area contributed by atoms with Crippen LogP contribution in [0.15, 0.2) is 40.9 Å². The van der Waals surface area contributed by atoms with Crippen LogP contribution in [0.25, 0.3) is 0 Å². The Morgan fingerprint density at radius 2 is 1.94 bits per heavy atom. The van der Waals surface area contributed by atoms with Crippen molar-refractivity contribution in [1.82, 2.24) is 0 Å². The molecule has 5 fully saturated rings. The van der Waals surface area contributed by atoms with Gasteiger partial charge >= 0.3 is 11.9 Å². The summed E-state index contributed by atoms with van der Waals surface area (Å²) < 4.78 is 12.5. The Balaban J connectivity index is 1.40. The molecule has 4 saturated carbocycles. The van der Waals surface area contributed by atoms with Gasteiger partial charge < -0.3 is 24.8 Å². The summed E-state index contributed by atoms with van der Waals surface area (Å²) >= 11 is 3.33. The van der Waals surface area contributed by atoms with Gasteiger partial charge in [-0.1, -0.05) is 34.6 Å². The summed E-state index contributed by atoms with van der Waals surface area (Å²) in [6.45, 7) is 5.19. The first-order valence-corrected chi connectivity index (χ1v) is 13.1. The predicted molar refractivity (Wildman–Crippen MR) is 128 cm³/mol. The highest BCUT2D eigenvalue weighted by atomic mass is 79.9. The van der Waals surface area contributed by atoms with Gasteiger partial charge in [0.1, 0.15) is 11.0 Å². The number of Topliss-reactive ketones (excluding diaryl/α,β-unsaturated/α-hetero) is 1. The van der Waals surface area contributed by atoms with Gasteiger partial charge in [0.25, 0.3) is 0 Å². The van der Waals surface area contributed by atoms with E-state index >= 15 is 0 Å². The third-order valence-corrected chi connectivity index (χ3v) is 10.6. The number of ketones is 1. The van der Waals surface area contributed by atoms with Crippen molar-refractivity contribution in [2.24, 2.45) is 28.6 Å². The van der Waals surface area contributed by atoms with E-state index < -0.39 is 64.6 Å². The second-order valence-electron chi connectivity index (χ2n) is 11.6. The van der Waals surface area contributed by atoms with Crippen LogP contribution < -0.4 is 0 Å². The summed E-state index contributed by atoms with van der Waals surface area (Å²) in [7, 11) is 0. The van der Waals surface area contributed by atoms with Crippen LogP contribution in [-0.4, -0.2) is 63.1 Å². The number of hydrogen-bond donors (Lipinski definition) is 3. The zero-order chi connectivity index (χ0) is 25.8. The Bertz CT molecular complexity index is 1200. The maximum Gasteiger partial charge on any atom is 0.315 e. The molecule has 5 aliphatic rings. The summed E-state index contributed by atoms with van der Waals surface area (Å²) in [5.74, 6) is -3.64. The molecule has 1 aliphatic heterocycles. The molecule has 36 heavy (non-hydrogen) atoms. The molecular formula is C27H29BrO8. The molecule has 1 aromatic rings. The molecule has 1 aromatic carbocycles. The fourth-order valence-corrected chi connectivity index (χ4v) is 8.91. The van der Waals surface area contributed by atoms with E-state index in [9.17, 15) is 29.7 Å². The maximum absolute atomic E-state index is 13.9. The first-order chi connectivity index (χ1) is 16.9. The average Bonchev–Trinajstić information content (AvgIpc) is 3.25. The molecule has 0 aromatic heterocycles. The Hall–Kier alpha value is -2.07. The number of benzene rings is 1. The number of ether oxygens (including phenoxy) is 2. The summed E-state index contributed by atoms with van der Waals surface area (Å²) in [6.07, 6.45) is -1.06. The Morgan fingerprint density at radius 1 is 1.25 bits per heavy atom. The van der Waals surface area contributed by atoms with Gasteiger partial charge in [-0.3, -0.25) is 14.4 Å². The van der Waals surface area contributed by atoms with Crippen molar-refractivity contribution in [2.45, 2.75) is 62.4 Å². The molecule has 4 aliphatic carbocycles. The Kier molecular flexibility index (Phi) is 5.05. The molecule has 6 rings (SSSR count). The van der Waals surface area contributed by atoms with Crippen LogP contribution in [0.3, 0.4) is 0 Å². The lowest BCUT2D eigenvalue weighted by Gasteiger charge is -2.47. The van der Waals surface area contributed by atoms with Gasteiger partial charge in [-0.2, -0.15) is 0 Å². The number of esters is 2. The lowest BCUT2D eigenvalue weighted by molar-refractivity contribution is -0.167. The molecular weight excluding hydrogens is 532 g/mol. The van der Waals surface area contributed by atoms with E-state index in [-0.39, 0.29) is 24.5 Å². The average molecular weight is 561 g/mol. The molecule has 0 amide bonds. The van der Waals surface area contributed by atoms with Crippen LogP contribution in [0.2, 0.25) is 0 Å². The van der Waals surface area contributed by atoms with Gasteiger partial charge in [-0.05, 0) is 55.7 Å². The number of carbonyl (C=O) groups excluding carboxylic acids is 3. The van der Waals surface area contributed by atoms with Gasteiger partial charge in [-0.15, -0.1) is 0 Å². The van der Waals surface area contributed by atoms with Crippen LogP contribution in [0.5, 0.6) is 0 Å². The first kappa shape index (κ1) is 24.3. The van der Waals surface area contributed by atoms with Gasteiger partial charge in [0.15, 0.2) is 12.4 Å². The van der Waals surface area contributed by atoms with Gasteiger partial charge in [0.05, 0.1) is 23.7 Å². The minimum Gasteiger partial charge on any atom is -0.458 e.